The van der Waals surface area contributed by atoms with Crippen molar-refractivity contribution in [1.82, 2.24) is 4.57 Å². The van der Waals surface area contributed by atoms with E-state index in [1.165, 1.54) is 17.0 Å². The van der Waals surface area contributed by atoms with E-state index in [9.17, 15) is 0 Å². The van der Waals surface area contributed by atoms with Gasteiger partial charge in [0.15, 0.2) is 0 Å². The molecule has 0 saturated carbocycles. The summed E-state index contributed by atoms with van der Waals surface area (Å²) < 4.78 is 2.39. The number of aryl methyl sites for hydroxylation is 2. The monoisotopic (exact) mass is 209 g/mol. The molecule has 0 aliphatic heterocycles. The first-order valence-corrected chi connectivity index (χ1v) is 5.82. The van der Waals surface area contributed by atoms with Crippen molar-refractivity contribution in [1.29, 1.82) is 0 Å². The topological polar surface area (TPSA) is 25.2 Å². The average Bonchev–Trinajstić information content (AvgIpc) is 2.42. The zero-order chi connectivity index (χ0) is 11.4. The fourth-order valence-electron chi connectivity index (χ4n) is 2.04. The largest absolute Gasteiger partial charge is 0.396 e. The number of hydrogen-bond donors (Lipinski definition) is 1. The molecule has 0 amide bonds. The lowest BCUT2D eigenvalue weighted by Gasteiger charge is -2.12. The zero-order valence-corrected chi connectivity index (χ0v) is 10.4. The highest BCUT2D eigenvalue weighted by molar-refractivity contribution is 5.26. The third kappa shape index (κ3) is 3.10. The summed E-state index contributed by atoms with van der Waals surface area (Å²) in [4.78, 5) is 0. The summed E-state index contributed by atoms with van der Waals surface area (Å²) in [6.45, 7) is 10.2. The van der Waals surface area contributed by atoms with Crippen molar-refractivity contribution in [2.75, 3.05) is 6.61 Å². The van der Waals surface area contributed by atoms with E-state index in [0.717, 1.165) is 19.4 Å². The molecule has 86 valence electrons. The predicted molar refractivity (Wildman–Crippen MR) is 64.2 cm³/mol. The van der Waals surface area contributed by atoms with Crippen molar-refractivity contribution in [3.63, 3.8) is 0 Å². The van der Waals surface area contributed by atoms with Gasteiger partial charge in [0.05, 0.1) is 0 Å². The minimum atomic E-state index is 0.286. The van der Waals surface area contributed by atoms with Crippen LogP contribution >= 0.6 is 0 Å². The molecule has 1 N–H and O–H groups in total. The first-order chi connectivity index (χ1) is 7.06. The molecular formula is C13H23NO. The van der Waals surface area contributed by atoms with E-state index in [0.29, 0.717) is 5.92 Å². The Balaban J connectivity index is 2.83. The first kappa shape index (κ1) is 12.3. The van der Waals surface area contributed by atoms with Crippen molar-refractivity contribution in [2.24, 2.45) is 5.92 Å². The Bertz CT molecular complexity index is 313. The summed E-state index contributed by atoms with van der Waals surface area (Å²) in [5.74, 6) is 0.681. The van der Waals surface area contributed by atoms with Gasteiger partial charge in [-0.1, -0.05) is 13.8 Å². The van der Waals surface area contributed by atoms with Crippen LogP contribution in [0.3, 0.4) is 0 Å². The molecule has 0 fully saturated rings. The fraction of sp³-hybridized carbons (Fsp3) is 0.692. The molecular weight excluding hydrogens is 186 g/mol. The van der Waals surface area contributed by atoms with Gasteiger partial charge in [-0.15, -0.1) is 0 Å². The fourth-order valence-corrected chi connectivity index (χ4v) is 2.04. The number of aliphatic hydroxyl groups is 1. The minimum absolute atomic E-state index is 0.286. The van der Waals surface area contributed by atoms with Gasteiger partial charge in [0.25, 0.3) is 0 Å². The van der Waals surface area contributed by atoms with Crippen LogP contribution in [-0.4, -0.2) is 16.3 Å². The van der Waals surface area contributed by atoms with E-state index in [1.807, 2.05) is 0 Å². The lowest BCUT2D eigenvalue weighted by molar-refractivity contribution is 0.288. The van der Waals surface area contributed by atoms with Crippen LogP contribution in [0.2, 0.25) is 0 Å². The molecule has 0 aromatic carbocycles. The van der Waals surface area contributed by atoms with E-state index >= 15 is 0 Å². The van der Waals surface area contributed by atoms with Crippen LogP contribution in [0.25, 0.3) is 0 Å². The maximum absolute atomic E-state index is 8.83. The van der Waals surface area contributed by atoms with Gasteiger partial charge in [-0.2, -0.15) is 0 Å². The molecule has 0 atom stereocenters. The Labute approximate surface area is 92.9 Å². The van der Waals surface area contributed by atoms with Crippen molar-refractivity contribution < 1.29 is 5.11 Å². The average molecular weight is 209 g/mol. The van der Waals surface area contributed by atoms with Gasteiger partial charge in [0.2, 0.25) is 0 Å². The highest BCUT2D eigenvalue weighted by Crippen LogP contribution is 2.18. The minimum Gasteiger partial charge on any atom is -0.396 e. The van der Waals surface area contributed by atoms with Gasteiger partial charge in [0.1, 0.15) is 0 Å². The second-order valence-corrected chi connectivity index (χ2v) is 4.73. The van der Waals surface area contributed by atoms with Gasteiger partial charge in [0, 0.05) is 24.5 Å². The number of rotatable bonds is 5. The maximum atomic E-state index is 8.83. The van der Waals surface area contributed by atoms with Crippen molar-refractivity contribution in [3.05, 3.63) is 23.0 Å². The maximum Gasteiger partial charge on any atom is 0.0434 e. The molecule has 1 heterocycles. The summed E-state index contributed by atoms with van der Waals surface area (Å²) in [7, 11) is 0. The summed E-state index contributed by atoms with van der Waals surface area (Å²) in [6.07, 6.45) is 1.86. The van der Waals surface area contributed by atoms with Gasteiger partial charge in [-0.25, -0.2) is 0 Å². The third-order valence-electron chi connectivity index (χ3n) is 2.83. The van der Waals surface area contributed by atoms with E-state index in [-0.39, 0.29) is 6.61 Å². The van der Waals surface area contributed by atoms with Crippen LogP contribution < -0.4 is 0 Å². The van der Waals surface area contributed by atoms with Crippen LogP contribution in [-0.2, 0) is 13.0 Å². The van der Waals surface area contributed by atoms with Crippen molar-refractivity contribution in [2.45, 2.75) is 47.1 Å². The smallest absolute Gasteiger partial charge is 0.0434 e. The lowest BCUT2D eigenvalue weighted by Crippen LogP contribution is -2.08. The molecule has 0 spiro atoms. The highest BCUT2D eigenvalue weighted by atomic mass is 16.2. The highest BCUT2D eigenvalue weighted by Gasteiger charge is 2.09. The van der Waals surface area contributed by atoms with E-state index < -0.39 is 0 Å². The second kappa shape index (κ2) is 5.36. The number of nitrogens with zero attached hydrogens (tertiary/aromatic N) is 1. The number of aliphatic hydroxyl groups excluding tert-OH is 1. The number of aromatic nitrogens is 1. The van der Waals surface area contributed by atoms with Gasteiger partial charge < -0.3 is 9.67 Å². The second-order valence-electron chi connectivity index (χ2n) is 4.73. The molecule has 2 heteroatoms. The third-order valence-corrected chi connectivity index (χ3v) is 2.83. The summed E-state index contributed by atoms with van der Waals surface area (Å²) >= 11 is 0. The van der Waals surface area contributed by atoms with Crippen molar-refractivity contribution >= 4 is 0 Å². The Morgan fingerprint density at radius 2 is 2.00 bits per heavy atom. The molecule has 1 aromatic rings. The van der Waals surface area contributed by atoms with Crippen LogP contribution in [0.15, 0.2) is 6.07 Å². The van der Waals surface area contributed by atoms with E-state index in [2.05, 4.69) is 38.3 Å². The molecule has 2 nitrogen and oxygen atoms in total. The SMILES string of the molecule is Cc1cc(CCCO)c(C)n1CC(C)C. The number of hydrogen-bond acceptors (Lipinski definition) is 1. The van der Waals surface area contributed by atoms with Crippen LogP contribution in [0.4, 0.5) is 0 Å². The Kier molecular flexibility index (Phi) is 4.40. The molecule has 15 heavy (non-hydrogen) atoms. The molecule has 1 aromatic heterocycles. The van der Waals surface area contributed by atoms with Gasteiger partial charge in [-0.3, -0.25) is 0 Å². The molecule has 1 rings (SSSR count). The molecule has 0 radical (unpaired) electrons. The van der Waals surface area contributed by atoms with Crippen molar-refractivity contribution in [3.8, 4) is 0 Å². The van der Waals surface area contributed by atoms with Crippen LogP contribution in [0.1, 0.15) is 37.2 Å². The molecule has 0 saturated heterocycles. The Morgan fingerprint density at radius 3 is 2.53 bits per heavy atom. The van der Waals surface area contributed by atoms with E-state index in [1.54, 1.807) is 0 Å². The van der Waals surface area contributed by atoms with Gasteiger partial charge >= 0.3 is 0 Å². The summed E-state index contributed by atoms with van der Waals surface area (Å²) in [5, 5.41) is 8.83. The Hall–Kier alpha value is -0.760. The summed E-state index contributed by atoms with van der Waals surface area (Å²) in [6, 6.07) is 2.26. The Morgan fingerprint density at radius 1 is 1.33 bits per heavy atom. The zero-order valence-electron chi connectivity index (χ0n) is 10.4. The van der Waals surface area contributed by atoms with Crippen LogP contribution in [0, 0.1) is 19.8 Å². The predicted octanol–water partition coefficient (Wildman–Crippen LogP) is 2.69. The summed E-state index contributed by atoms with van der Waals surface area (Å²) in [5.41, 5.74) is 4.10. The lowest BCUT2D eigenvalue weighted by atomic mass is 10.1. The normalized spacial score (nSPS) is 11.3. The van der Waals surface area contributed by atoms with Gasteiger partial charge in [-0.05, 0) is 44.2 Å². The molecule has 0 unspecified atom stereocenters. The first-order valence-electron chi connectivity index (χ1n) is 5.82. The molecule has 0 aliphatic rings. The van der Waals surface area contributed by atoms with E-state index in [4.69, 9.17) is 5.11 Å². The molecule has 0 bridgehead atoms. The van der Waals surface area contributed by atoms with Crippen LogP contribution in [0.5, 0.6) is 0 Å². The molecule has 0 aliphatic carbocycles. The standard InChI is InChI=1S/C13H23NO/c1-10(2)9-14-11(3)8-13(12(14)4)6-5-7-15/h8,10,15H,5-7,9H2,1-4H3. The quantitative estimate of drug-likeness (QED) is 0.792.